The Morgan fingerprint density at radius 1 is 1.14 bits per heavy atom. The number of carboxylic acid groups (broad SMARTS) is 1. The lowest BCUT2D eigenvalue weighted by atomic mass is 10.1. The van der Waals surface area contributed by atoms with Crippen LogP contribution in [0.5, 0.6) is 0 Å². The van der Waals surface area contributed by atoms with Crippen LogP contribution in [0.15, 0.2) is 48.8 Å². The van der Waals surface area contributed by atoms with Gasteiger partial charge in [0.2, 0.25) is 0 Å². The molecule has 0 spiro atoms. The molecule has 0 aliphatic heterocycles. The molecule has 3 aromatic rings. The van der Waals surface area contributed by atoms with E-state index in [0.717, 1.165) is 5.56 Å². The summed E-state index contributed by atoms with van der Waals surface area (Å²) in [4.78, 5) is 19.4. The maximum atomic E-state index is 13.2. The number of carbonyl (C=O) groups is 1. The molecule has 5 heteroatoms. The van der Waals surface area contributed by atoms with Gasteiger partial charge in [0, 0.05) is 29.9 Å². The van der Waals surface area contributed by atoms with Gasteiger partial charge in [0.25, 0.3) is 0 Å². The summed E-state index contributed by atoms with van der Waals surface area (Å²) in [5, 5.41) is 9.68. The number of pyridine rings is 2. The molecular weight excluding hydrogens is 271 g/mol. The Balaban J connectivity index is 1.94. The van der Waals surface area contributed by atoms with E-state index in [1.165, 1.54) is 30.5 Å². The summed E-state index contributed by atoms with van der Waals surface area (Å²) in [5.74, 6) is -1.30. The fraction of sp³-hybridized carbons (Fsp3) is 0.0625. The van der Waals surface area contributed by atoms with Crippen LogP contribution in [0.2, 0.25) is 0 Å². The van der Waals surface area contributed by atoms with Crippen molar-refractivity contribution in [3.8, 4) is 0 Å². The van der Waals surface area contributed by atoms with Gasteiger partial charge in [-0.05, 0) is 42.0 Å². The maximum Gasteiger partial charge on any atom is 0.335 e. The molecule has 1 N–H and O–H groups in total. The first-order valence-electron chi connectivity index (χ1n) is 6.34. The number of aromatic carboxylic acids is 1. The molecule has 0 atom stereocenters. The van der Waals surface area contributed by atoms with Crippen LogP contribution < -0.4 is 0 Å². The number of rotatable bonds is 3. The summed E-state index contributed by atoms with van der Waals surface area (Å²) in [5.41, 5.74) is 2.39. The number of fused-ring (bicyclic) bond motifs is 1. The Labute approximate surface area is 119 Å². The average Bonchev–Trinajstić information content (AvgIpc) is 2.47. The van der Waals surface area contributed by atoms with Crippen LogP contribution in [0, 0.1) is 5.82 Å². The highest BCUT2D eigenvalue weighted by Gasteiger charge is 2.06. The van der Waals surface area contributed by atoms with Gasteiger partial charge in [0.05, 0.1) is 11.1 Å². The molecule has 0 saturated heterocycles. The van der Waals surface area contributed by atoms with Gasteiger partial charge in [-0.25, -0.2) is 9.18 Å². The molecule has 21 heavy (non-hydrogen) atoms. The summed E-state index contributed by atoms with van der Waals surface area (Å²) in [6.07, 6.45) is 3.60. The van der Waals surface area contributed by atoms with Crippen LogP contribution in [0.3, 0.4) is 0 Å². The fourth-order valence-corrected chi connectivity index (χ4v) is 2.16. The smallest absolute Gasteiger partial charge is 0.335 e. The van der Waals surface area contributed by atoms with Crippen molar-refractivity contribution in [2.24, 2.45) is 0 Å². The zero-order valence-electron chi connectivity index (χ0n) is 11.0. The van der Waals surface area contributed by atoms with Crippen molar-refractivity contribution >= 4 is 16.9 Å². The summed E-state index contributed by atoms with van der Waals surface area (Å²) < 4.78 is 13.2. The van der Waals surface area contributed by atoms with Crippen molar-refractivity contribution in [1.82, 2.24) is 9.97 Å². The van der Waals surface area contributed by atoms with E-state index in [9.17, 15) is 9.18 Å². The molecule has 1 aromatic carbocycles. The fourth-order valence-electron chi connectivity index (χ4n) is 2.16. The molecule has 0 amide bonds. The average molecular weight is 282 g/mol. The van der Waals surface area contributed by atoms with Crippen molar-refractivity contribution < 1.29 is 14.3 Å². The first-order chi connectivity index (χ1) is 10.1. The quantitative estimate of drug-likeness (QED) is 0.802. The van der Waals surface area contributed by atoms with Gasteiger partial charge in [0.1, 0.15) is 5.82 Å². The predicted octanol–water partition coefficient (Wildman–Crippen LogP) is 3.06. The number of halogens is 1. The Morgan fingerprint density at radius 3 is 2.81 bits per heavy atom. The van der Waals surface area contributed by atoms with E-state index in [2.05, 4.69) is 9.97 Å². The lowest BCUT2D eigenvalue weighted by Crippen LogP contribution is -2.00. The molecule has 2 aromatic heterocycles. The molecule has 0 bridgehead atoms. The molecule has 0 fully saturated rings. The van der Waals surface area contributed by atoms with Crippen molar-refractivity contribution in [2.45, 2.75) is 6.42 Å². The summed E-state index contributed by atoms with van der Waals surface area (Å²) >= 11 is 0. The third-order valence-corrected chi connectivity index (χ3v) is 3.15. The highest BCUT2D eigenvalue weighted by atomic mass is 19.1. The van der Waals surface area contributed by atoms with E-state index in [1.54, 1.807) is 12.3 Å². The Kier molecular flexibility index (Phi) is 3.31. The first-order valence-corrected chi connectivity index (χ1v) is 6.34. The van der Waals surface area contributed by atoms with Crippen molar-refractivity contribution in [3.63, 3.8) is 0 Å². The van der Waals surface area contributed by atoms with Gasteiger partial charge in [-0.3, -0.25) is 9.97 Å². The van der Waals surface area contributed by atoms with Gasteiger partial charge in [0.15, 0.2) is 0 Å². The van der Waals surface area contributed by atoms with Crippen LogP contribution in [-0.2, 0) is 6.42 Å². The highest BCUT2D eigenvalue weighted by molar-refractivity contribution is 5.87. The largest absolute Gasteiger partial charge is 0.478 e. The topological polar surface area (TPSA) is 63.1 Å². The monoisotopic (exact) mass is 282 g/mol. The second-order valence-corrected chi connectivity index (χ2v) is 4.70. The van der Waals surface area contributed by atoms with Gasteiger partial charge < -0.3 is 5.11 Å². The second-order valence-electron chi connectivity index (χ2n) is 4.70. The van der Waals surface area contributed by atoms with Crippen LogP contribution in [-0.4, -0.2) is 21.0 Å². The molecular formula is C16H11FN2O2. The summed E-state index contributed by atoms with van der Waals surface area (Å²) in [6, 6.07) is 9.22. The van der Waals surface area contributed by atoms with E-state index in [1.807, 2.05) is 6.07 Å². The standard InChI is InChI=1S/C16H11FN2O2/c17-13-1-2-15-12(7-13)5-10(9-19-15)6-14-8-11(16(20)21)3-4-18-14/h1-5,7-9H,6H2,(H,20,21). The molecule has 0 radical (unpaired) electrons. The third-order valence-electron chi connectivity index (χ3n) is 3.15. The van der Waals surface area contributed by atoms with E-state index in [4.69, 9.17) is 5.11 Å². The zero-order valence-corrected chi connectivity index (χ0v) is 11.0. The molecule has 3 rings (SSSR count). The Bertz CT molecular complexity index is 833. The predicted molar refractivity (Wildman–Crippen MR) is 75.7 cm³/mol. The molecule has 0 saturated carbocycles. The minimum absolute atomic E-state index is 0.194. The Hall–Kier alpha value is -2.82. The number of hydrogen-bond acceptors (Lipinski definition) is 3. The lowest BCUT2D eigenvalue weighted by molar-refractivity contribution is 0.0696. The number of aromatic nitrogens is 2. The molecule has 2 heterocycles. The minimum Gasteiger partial charge on any atom is -0.478 e. The number of benzene rings is 1. The van der Waals surface area contributed by atoms with Crippen molar-refractivity contribution in [3.05, 3.63) is 71.4 Å². The minimum atomic E-state index is -0.989. The molecule has 104 valence electrons. The van der Waals surface area contributed by atoms with Crippen molar-refractivity contribution in [2.75, 3.05) is 0 Å². The van der Waals surface area contributed by atoms with Gasteiger partial charge in [-0.1, -0.05) is 0 Å². The van der Waals surface area contributed by atoms with Crippen LogP contribution in [0.4, 0.5) is 4.39 Å². The summed E-state index contributed by atoms with van der Waals surface area (Å²) in [6.45, 7) is 0. The normalized spacial score (nSPS) is 10.7. The maximum absolute atomic E-state index is 13.2. The van der Waals surface area contributed by atoms with E-state index in [-0.39, 0.29) is 11.4 Å². The van der Waals surface area contributed by atoms with E-state index in [0.29, 0.717) is 23.0 Å². The number of carboxylic acids is 1. The molecule has 0 aliphatic carbocycles. The van der Waals surface area contributed by atoms with E-state index >= 15 is 0 Å². The molecule has 0 unspecified atom stereocenters. The third kappa shape index (κ3) is 2.86. The van der Waals surface area contributed by atoms with Gasteiger partial charge in [-0.2, -0.15) is 0 Å². The number of hydrogen-bond donors (Lipinski definition) is 1. The first kappa shape index (κ1) is 13.2. The van der Waals surface area contributed by atoms with Gasteiger partial charge in [-0.15, -0.1) is 0 Å². The second kappa shape index (κ2) is 5.28. The SMILES string of the molecule is O=C(O)c1ccnc(Cc2cnc3ccc(F)cc3c2)c1. The summed E-state index contributed by atoms with van der Waals surface area (Å²) in [7, 11) is 0. The van der Waals surface area contributed by atoms with Crippen LogP contribution in [0.25, 0.3) is 10.9 Å². The van der Waals surface area contributed by atoms with Crippen LogP contribution >= 0.6 is 0 Å². The van der Waals surface area contributed by atoms with Crippen molar-refractivity contribution in [1.29, 1.82) is 0 Å². The Morgan fingerprint density at radius 2 is 2.00 bits per heavy atom. The zero-order chi connectivity index (χ0) is 14.8. The van der Waals surface area contributed by atoms with E-state index < -0.39 is 5.97 Å². The molecule has 0 aliphatic rings. The van der Waals surface area contributed by atoms with Crippen LogP contribution in [0.1, 0.15) is 21.6 Å². The van der Waals surface area contributed by atoms with Gasteiger partial charge >= 0.3 is 5.97 Å². The molecule has 4 nitrogen and oxygen atoms in total. The lowest BCUT2D eigenvalue weighted by Gasteiger charge is -2.04. The highest BCUT2D eigenvalue weighted by Crippen LogP contribution is 2.17. The number of nitrogens with zero attached hydrogens (tertiary/aromatic N) is 2.